The van der Waals surface area contributed by atoms with Crippen LogP contribution in [-0.2, 0) is 15.1 Å². The van der Waals surface area contributed by atoms with E-state index in [0.717, 1.165) is 40.1 Å². The quantitative estimate of drug-likeness (QED) is 0.672. The highest BCUT2D eigenvalue weighted by atomic mass is 35.5. The number of aromatic nitrogens is 4. The fraction of sp³-hybridized carbons (Fsp3) is 0.389. The Morgan fingerprint density at radius 2 is 2.12 bits per heavy atom. The van der Waals surface area contributed by atoms with Crippen LogP contribution < -0.4 is 0 Å². The molecule has 1 aliphatic rings. The Balaban J connectivity index is 1.91. The first-order chi connectivity index (χ1) is 12.0. The van der Waals surface area contributed by atoms with Crippen LogP contribution in [0.5, 0.6) is 0 Å². The average Bonchev–Trinajstić information content (AvgIpc) is 3.20. The standard InChI is InChI=1S/C18H19ClN4O2/c1-11-6-15(18(24-3)4-5-25-10-18)21-17(7-11)23-14-8-16(19)20-9-13(14)12(2)22-23/h6-9H,4-5,10H2,1-3H3/t18-/m1/s1. The number of ether oxygens (including phenoxy) is 2. The molecule has 0 saturated carbocycles. The van der Waals surface area contributed by atoms with Gasteiger partial charge in [0.15, 0.2) is 5.82 Å². The third-order valence-corrected chi connectivity index (χ3v) is 4.94. The molecule has 0 spiro atoms. The monoisotopic (exact) mass is 358 g/mol. The van der Waals surface area contributed by atoms with Crippen molar-refractivity contribution >= 4 is 22.5 Å². The van der Waals surface area contributed by atoms with E-state index in [-0.39, 0.29) is 0 Å². The van der Waals surface area contributed by atoms with E-state index in [4.69, 9.17) is 26.1 Å². The lowest BCUT2D eigenvalue weighted by Gasteiger charge is -2.26. The molecule has 4 rings (SSSR count). The largest absolute Gasteiger partial charge is 0.378 e. The van der Waals surface area contributed by atoms with Gasteiger partial charge in [-0.3, -0.25) is 0 Å². The van der Waals surface area contributed by atoms with Crippen molar-refractivity contribution in [2.75, 3.05) is 20.3 Å². The fourth-order valence-corrected chi connectivity index (χ4v) is 3.46. The lowest BCUT2D eigenvalue weighted by atomic mass is 9.97. The van der Waals surface area contributed by atoms with Crippen LogP contribution in [-0.4, -0.2) is 40.1 Å². The predicted molar refractivity (Wildman–Crippen MR) is 95.3 cm³/mol. The average molecular weight is 359 g/mol. The van der Waals surface area contributed by atoms with Crippen LogP contribution in [0.2, 0.25) is 5.15 Å². The molecule has 0 unspecified atom stereocenters. The molecule has 3 aromatic rings. The molecule has 6 nitrogen and oxygen atoms in total. The molecule has 7 heteroatoms. The van der Waals surface area contributed by atoms with Gasteiger partial charge in [0.25, 0.3) is 0 Å². The Labute approximate surface area is 150 Å². The summed E-state index contributed by atoms with van der Waals surface area (Å²) in [6, 6.07) is 5.86. The third kappa shape index (κ3) is 2.70. The summed E-state index contributed by atoms with van der Waals surface area (Å²) in [5.74, 6) is 0.735. The number of nitrogens with zero attached hydrogens (tertiary/aromatic N) is 4. The third-order valence-electron chi connectivity index (χ3n) is 4.73. The molecule has 25 heavy (non-hydrogen) atoms. The van der Waals surface area contributed by atoms with Crippen LogP contribution in [0.15, 0.2) is 24.4 Å². The normalized spacial score (nSPS) is 20.5. The van der Waals surface area contributed by atoms with E-state index < -0.39 is 5.60 Å². The van der Waals surface area contributed by atoms with Crippen molar-refractivity contribution in [1.29, 1.82) is 0 Å². The number of fused-ring (bicyclic) bond motifs is 1. The Morgan fingerprint density at radius 3 is 2.84 bits per heavy atom. The van der Waals surface area contributed by atoms with Gasteiger partial charge in [-0.1, -0.05) is 11.6 Å². The number of aryl methyl sites for hydroxylation is 2. The number of halogens is 1. The maximum Gasteiger partial charge on any atom is 0.154 e. The van der Waals surface area contributed by atoms with Gasteiger partial charge in [-0.2, -0.15) is 5.10 Å². The summed E-state index contributed by atoms with van der Waals surface area (Å²) < 4.78 is 13.2. The van der Waals surface area contributed by atoms with Gasteiger partial charge in [-0.05, 0) is 31.5 Å². The summed E-state index contributed by atoms with van der Waals surface area (Å²) in [5.41, 5.74) is 3.22. The molecule has 0 aliphatic carbocycles. The molecule has 0 radical (unpaired) electrons. The van der Waals surface area contributed by atoms with Crippen molar-refractivity contribution in [1.82, 2.24) is 19.7 Å². The smallest absolute Gasteiger partial charge is 0.154 e. The van der Waals surface area contributed by atoms with Gasteiger partial charge >= 0.3 is 0 Å². The van der Waals surface area contributed by atoms with Gasteiger partial charge in [0.2, 0.25) is 0 Å². The van der Waals surface area contributed by atoms with Crippen LogP contribution in [0.1, 0.15) is 23.4 Å². The minimum absolute atomic E-state index is 0.430. The number of pyridine rings is 2. The second-order valence-corrected chi connectivity index (χ2v) is 6.80. The zero-order chi connectivity index (χ0) is 17.6. The molecule has 1 atom stereocenters. The van der Waals surface area contributed by atoms with E-state index in [1.165, 1.54) is 0 Å². The minimum Gasteiger partial charge on any atom is -0.378 e. The van der Waals surface area contributed by atoms with Crippen LogP contribution >= 0.6 is 11.6 Å². The van der Waals surface area contributed by atoms with Crippen molar-refractivity contribution in [3.63, 3.8) is 0 Å². The summed E-state index contributed by atoms with van der Waals surface area (Å²) in [6.45, 7) is 5.17. The van der Waals surface area contributed by atoms with Crippen LogP contribution in [0, 0.1) is 13.8 Å². The van der Waals surface area contributed by atoms with Crippen molar-refractivity contribution in [3.8, 4) is 5.82 Å². The zero-order valence-corrected chi connectivity index (χ0v) is 15.2. The summed E-state index contributed by atoms with van der Waals surface area (Å²) in [7, 11) is 1.71. The number of hydrogen-bond donors (Lipinski definition) is 0. The second-order valence-electron chi connectivity index (χ2n) is 6.41. The van der Waals surface area contributed by atoms with Gasteiger partial charge < -0.3 is 9.47 Å². The molecule has 3 aromatic heterocycles. The van der Waals surface area contributed by atoms with E-state index in [0.29, 0.717) is 18.4 Å². The van der Waals surface area contributed by atoms with Crippen LogP contribution in [0.25, 0.3) is 16.7 Å². The SMILES string of the molecule is CO[C@]1(c2cc(C)cc(-n3nc(C)c4cnc(Cl)cc43)n2)CCOC1. The van der Waals surface area contributed by atoms with E-state index in [1.54, 1.807) is 13.3 Å². The Bertz CT molecular complexity index is 948. The summed E-state index contributed by atoms with van der Waals surface area (Å²) in [5, 5.41) is 6.03. The Hall–Kier alpha value is -2.02. The minimum atomic E-state index is -0.502. The van der Waals surface area contributed by atoms with Crippen LogP contribution in [0.4, 0.5) is 0 Å². The first-order valence-electron chi connectivity index (χ1n) is 8.16. The summed E-state index contributed by atoms with van der Waals surface area (Å²) >= 11 is 6.09. The van der Waals surface area contributed by atoms with Gasteiger partial charge in [-0.15, -0.1) is 0 Å². The molecular weight excluding hydrogens is 340 g/mol. The highest BCUT2D eigenvalue weighted by Gasteiger charge is 2.38. The molecule has 0 N–H and O–H groups in total. The highest BCUT2D eigenvalue weighted by Crippen LogP contribution is 2.34. The van der Waals surface area contributed by atoms with Gasteiger partial charge in [0.05, 0.1) is 23.5 Å². The Morgan fingerprint density at radius 1 is 1.28 bits per heavy atom. The summed E-state index contributed by atoms with van der Waals surface area (Å²) in [6.07, 6.45) is 2.53. The van der Waals surface area contributed by atoms with Gasteiger partial charge in [-0.25, -0.2) is 14.6 Å². The number of hydrogen-bond acceptors (Lipinski definition) is 5. The highest BCUT2D eigenvalue weighted by molar-refractivity contribution is 6.30. The maximum absolute atomic E-state index is 6.09. The molecule has 4 heterocycles. The fourth-order valence-electron chi connectivity index (χ4n) is 3.31. The van der Waals surface area contributed by atoms with Crippen molar-refractivity contribution < 1.29 is 9.47 Å². The first kappa shape index (κ1) is 16.4. The number of methoxy groups -OCH3 is 1. The lowest BCUT2D eigenvalue weighted by molar-refractivity contribution is -0.0246. The van der Waals surface area contributed by atoms with Gasteiger partial charge in [0, 0.05) is 37.8 Å². The van der Waals surface area contributed by atoms with Crippen molar-refractivity contribution in [2.24, 2.45) is 0 Å². The topological polar surface area (TPSA) is 62.1 Å². The first-order valence-corrected chi connectivity index (χ1v) is 8.53. The van der Waals surface area contributed by atoms with E-state index in [9.17, 15) is 0 Å². The predicted octanol–water partition coefficient (Wildman–Crippen LogP) is 3.35. The van der Waals surface area contributed by atoms with Crippen molar-refractivity contribution in [2.45, 2.75) is 25.9 Å². The molecular formula is C18H19ClN4O2. The molecule has 1 saturated heterocycles. The molecule has 0 bridgehead atoms. The molecule has 1 fully saturated rings. The van der Waals surface area contributed by atoms with E-state index >= 15 is 0 Å². The molecule has 130 valence electrons. The van der Waals surface area contributed by atoms with Crippen molar-refractivity contribution in [3.05, 3.63) is 46.5 Å². The van der Waals surface area contributed by atoms with E-state index in [2.05, 4.69) is 16.1 Å². The molecule has 0 amide bonds. The lowest BCUT2D eigenvalue weighted by Crippen LogP contribution is -2.30. The maximum atomic E-state index is 6.09. The summed E-state index contributed by atoms with van der Waals surface area (Å²) in [4.78, 5) is 9.01. The number of rotatable bonds is 3. The Kier molecular flexibility index (Phi) is 3.98. The molecule has 0 aromatic carbocycles. The van der Waals surface area contributed by atoms with Gasteiger partial charge in [0.1, 0.15) is 10.8 Å². The van der Waals surface area contributed by atoms with E-state index in [1.807, 2.05) is 30.7 Å². The zero-order valence-electron chi connectivity index (χ0n) is 14.4. The second kappa shape index (κ2) is 6.05. The van der Waals surface area contributed by atoms with Crippen LogP contribution in [0.3, 0.4) is 0 Å². The molecule has 1 aliphatic heterocycles.